The number of nitrogens with zero attached hydrogens (tertiary/aromatic N) is 3. The molecule has 3 rings (SSSR count). The zero-order valence-corrected chi connectivity index (χ0v) is 17.0. The molecule has 0 aliphatic carbocycles. The van der Waals surface area contributed by atoms with Gasteiger partial charge in [-0.2, -0.15) is 5.26 Å². The minimum absolute atomic E-state index is 0.197. The third-order valence-electron chi connectivity index (χ3n) is 4.52. The van der Waals surface area contributed by atoms with Crippen molar-refractivity contribution in [3.8, 4) is 16.8 Å². The molecule has 150 valence electrons. The number of quaternary nitrogens is 1. The molecule has 3 aromatic rings. The fourth-order valence-electron chi connectivity index (χ4n) is 2.83. The first-order chi connectivity index (χ1) is 14.1. The maximum absolute atomic E-state index is 12.8. The molecule has 0 radical (unpaired) electrons. The number of para-hydroxylation sites is 1. The molecule has 0 aliphatic rings. The van der Waals surface area contributed by atoms with E-state index in [-0.39, 0.29) is 5.91 Å². The highest BCUT2D eigenvalue weighted by Gasteiger charge is 2.28. The first kappa shape index (κ1) is 20.7. The van der Waals surface area contributed by atoms with Crippen LogP contribution in [0.4, 0.5) is 5.69 Å². The number of carbonyl (C=O) groups excluding carboxylic acids is 1. The van der Waals surface area contributed by atoms with Gasteiger partial charge in [0.1, 0.15) is 12.6 Å². The minimum atomic E-state index is -0.422. The van der Waals surface area contributed by atoms with Gasteiger partial charge in [-0.25, -0.2) is 0 Å². The molecule has 2 atom stereocenters. The van der Waals surface area contributed by atoms with E-state index in [4.69, 9.17) is 9.15 Å². The quantitative estimate of drug-likeness (QED) is 0.555. The molecular weight excluding hydrogens is 390 g/mol. The Balaban J connectivity index is 1.71. The molecule has 0 bridgehead atoms. The second kappa shape index (κ2) is 9.93. The highest BCUT2D eigenvalue weighted by Crippen LogP contribution is 2.22. The van der Waals surface area contributed by atoms with Crippen LogP contribution in [-0.4, -0.2) is 42.4 Å². The van der Waals surface area contributed by atoms with Gasteiger partial charge >= 0.3 is 0 Å². The maximum Gasteiger partial charge on any atom is 0.282 e. The van der Waals surface area contributed by atoms with Crippen LogP contribution in [0, 0.1) is 11.3 Å². The summed E-state index contributed by atoms with van der Waals surface area (Å²) in [6.45, 7) is 3.28. The number of benzene rings is 1. The molecule has 0 aliphatic heterocycles. The number of nitriles is 1. The summed E-state index contributed by atoms with van der Waals surface area (Å²) >= 11 is 1.52. The van der Waals surface area contributed by atoms with Gasteiger partial charge in [0, 0.05) is 7.11 Å². The monoisotopic (exact) mass is 412 g/mol. The van der Waals surface area contributed by atoms with Crippen molar-refractivity contribution >= 4 is 22.9 Å². The summed E-state index contributed by atoms with van der Waals surface area (Å²) in [6, 6.07) is 12.4. The molecular formula is C20H22N5O3S+. The number of amides is 1. The van der Waals surface area contributed by atoms with Gasteiger partial charge in [-0.1, -0.05) is 18.2 Å². The summed E-state index contributed by atoms with van der Waals surface area (Å²) < 4.78 is 11.0. The molecule has 29 heavy (non-hydrogen) atoms. The Hall–Kier alpha value is -3.06. The lowest BCUT2D eigenvalue weighted by Gasteiger charge is -2.24. The van der Waals surface area contributed by atoms with E-state index in [0.29, 0.717) is 42.7 Å². The van der Waals surface area contributed by atoms with Crippen molar-refractivity contribution < 1.29 is 18.8 Å². The van der Waals surface area contributed by atoms with Crippen molar-refractivity contribution in [3.63, 3.8) is 0 Å². The summed E-state index contributed by atoms with van der Waals surface area (Å²) in [4.78, 5) is 14.6. The smallest absolute Gasteiger partial charge is 0.282 e. The Morgan fingerprint density at radius 2 is 2.17 bits per heavy atom. The normalized spacial score (nSPS) is 12.9. The summed E-state index contributed by atoms with van der Waals surface area (Å²) in [5.74, 6) is 0.731. The van der Waals surface area contributed by atoms with Gasteiger partial charge in [0.25, 0.3) is 17.7 Å². The highest BCUT2D eigenvalue weighted by atomic mass is 32.1. The molecule has 2 N–H and O–H groups in total. The van der Waals surface area contributed by atoms with Crippen molar-refractivity contribution in [3.05, 3.63) is 53.2 Å². The van der Waals surface area contributed by atoms with E-state index in [0.717, 1.165) is 9.78 Å². The number of hydrogen-bond donors (Lipinski definition) is 2. The van der Waals surface area contributed by atoms with Crippen LogP contribution in [-0.2, 0) is 16.1 Å². The van der Waals surface area contributed by atoms with Crippen molar-refractivity contribution in [2.45, 2.75) is 19.5 Å². The summed E-state index contributed by atoms with van der Waals surface area (Å²) in [7, 11) is 1.62. The third-order valence-corrected chi connectivity index (χ3v) is 5.37. The minimum Gasteiger partial charge on any atom is -0.414 e. The molecule has 9 heteroatoms. The number of thiophene rings is 1. The summed E-state index contributed by atoms with van der Waals surface area (Å²) in [5.41, 5.74) is 0.916. The number of ether oxygens (including phenoxy) is 1. The van der Waals surface area contributed by atoms with Crippen LogP contribution >= 0.6 is 11.3 Å². The highest BCUT2D eigenvalue weighted by molar-refractivity contribution is 7.13. The molecule has 0 fully saturated rings. The number of nitrogens with one attached hydrogen (secondary N) is 2. The maximum atomic E-state index is 12.8. The van der Waals surface area contributed by atoms with Crippen LogP contribution in [0.3, 0.4) is 0 Å². The van der Waals surface area contributed by atoms with Crippen LogP contribution in [0.2, 0.25) is 0 Å². The van der Waals surface area contributed by atoms with E-state index in [1.54, 1.807) is 31.4 Å². The largest absolute Gasteiger partial charge is 0.414 e. The molecule has 1 amide bonds. The van der Waals surface area contributed by atoms with Crippen LogP contribution < -0.4 is 10.2 Å². The molecule has 0 saturated heterocycles. The van der Waals surface area contributed by atoms with Crippen molar-refractivity contribution in [2.75, 3.05) is 25.6 Å². The molecule has 0 spiro atoms. The first-order valence-electron chi connectivity index (χ1n) is 9.12. The summed E-state index contributed by atoms with van der Waals surface area (Å²) in [5, 5.41) is 22.2. The van der Waals surface area contributed by atoms with E-state index in [1.807, 2.05) is 24.4 Å². The van der Waals surface area contributed by atoms with E-state index in [2.05, 4.69) is 21.6 Å². The summed E-state index contributed by atoms with van der Waals surface area (Å²) in [6.07, 6.45) is 0. The number of anilines is 1. The lowest BCUT2D eigenvalue weighted by atomic mass is 10.1. The van der Waals surface area contributed by atoms with Crippen LogP contribution in [0.5, 0.6) is 0 Å². The molecule has 0 saturated carbocycles. The first-order valence-corrected chi connectivity index (χ1v) is 10.00. The van der Waals surface area contributed by atoms with Crippen LogP contribution in [0.15, 0.2) is 46.2 Å². The molecule has 2 aromatic heterocycles. The molecule has 1 aromatic carbocycles. The molecule has 2 heterocycles. The van der Waals surface area contributed by atoms with E-state index in [9.17, 15) is 10.1 Å². The SMILES string of the molecule is COCC[NH+](Cc1nnc(-c2cccs2)o1)[C@@H](C)C(=O)Nc1ccccc1C#N. The van der Waals surface area contributed by atoms with Crippen molar-refractivity contribution in [1.82, 2.24) is 10.2 Å². The van der Waals surface area contributed by atoms with Gasteiger partial charge in [-0.15, -0.1) is 21.5 Å². The average Bonchev–Trinajstić information content (AvgIpc) is 3.42. The zero-order chi connectivity index (χ0) is 20.6. The van der Waals surface area contributed by atoms with Crippen molar-refractivity contribution in [1.29, 1.82) is 5.26 Å². The topological polar surface area (TPSA) is 105 Å². The van der Waals surface area contributed by atoms with E-state index in [1.165, 1.54) is 11.3 Å². The second-order valence-electron chi connectivity index (χ2n) is 6.42. The Kier molecular flexibility index (Phi) is 7.08. The standard InChI is InChI=1S/C20H21N5O3S/c1-14(19(26)22-16-7-4-3-6-15(16)12-21)25(9-10-27-2)13-18-23-24-20(28-18)17-8-5-11-29-17/h3-8,11,14H,9-10,13H2,1-2H3,(H,22,26)/p+1/t14-/m0/s1. The average molecular weight is 412 g/mol. The Bertz CT molecular complexity index is 980. The van der Waals surface area contributed by atoms with Gasteiger partial charge in [-0.05, 0) is 30.5 Å². The number of methoxy groups -OCH3 is 1. The molecule has 1 unspecified atom stereocenters. The van der Waals surface area contributed by atoms with Gasteiger partial charge in [-0.3, -0.25) is 4.79 Å². The number of aromatic nitrogens is 2. The second-order valence-corrected chi connectivity index (χ2v) is 7.37. The fourth-order valence-corrected chi connectivity index (χ4v) is 3.47. The molecule has 8 nitrogen and oxygen atoms in total. The third kappa shape index (κ3) is 5.26. The van der Waals surface area contributed by atoms with E-state index < -0.39 is 6.04 Å². The predicted octanol–water partition coefficient (Wildman–Crippen LogP) is 1.73. The van der Waals surface area contributed by atoms with Gasteiger partial charge in [0.2, 0.25) is 0 Å². The lowest BCUT2D eigenvalue weighted by Crippen LogP contribution is -3.15. The van der Waals surface area contributed by atoms with Crippen LogP contribution in [0.25, 0.3) is 10.8 Å². The van der Waals surface area contributed by atoms with Gasteiger partial charge < -0.3 is 19.4 Å². The number of hydrogen-bond acceptors (Lipinski definition) is 7. The Morgan fingerprint density at radius 3 is 2.90 bits per heavy atom. The van der Waals surface area contributed by atoms with Crippen molar-refractivity contribution in [2.24, 2.45) is 0 Å². The Labute approximate surface area is 172 Å². The predicted molar refractivity (Wildman–Crippen MR) is 108 cm³/mol. The number of carbonyl (C=O) groups is 1. The zero-order valence-electron chi connectivity index (χ0n) is 16.2. The fraction of sp³-hybridized carbons (Fsp3) is 0.300. The Morgan fingerprint density at radius 1 is 1.34 bits per heavy atom. The lowest BCUT2D eigenvalue weighted by molar-refractivity contribution is -0.929. The van der Waals surface area contributed by atoms with Crippen LogP contribution in [0.1, 0.15) is 18.4 Å². The number of rotatable bonds is 9. The van der Waals surface area contributed by atoms with Gasteiger partial charge in [0.15, 0.2) is 12.6 Å². The van der Waals surface area contributed by atoms with E-state index >= 15 is 0 Å². The van der Waals surface area contributed by atoms with Gasteiger partial charge in [0.05, 0.1) is 22.7 Å².